The summed E-state index contributed by atoms with van der Waals surface area (Å²) in [5, 5.41) is 3.24. The Morgan fingerprint density at radius 2 is 2.00 bits per heavy atom. The quantitative estimate of drug-likeness (QED) is 0.859. The maximum atomic E-state index is 13.7. The highest BCUT2D eigenvalue weighted by Crippen LogP contribution is 2.23. The maximum Gasteiger partial charge on any atom is 0.150 e. The van der Waals surface area contributed by atoms with Crippen LogP contribution in [0.25, 0.3) is 0 Å². The lowest BCUT2D eigenvalue weighted by Crippen LogP contribution is -2.43. The molecule has 1 saturated heterocycles. The Hall–Kier alpha value is -1.00. The van der Waals surface area contributed by atoms with Crippen LogP contribution in [0.3, 0.4) is 0 Å². The third kappa shape index (κ3) is 2.77. The van der Waals surface area contributed by atoms with Crippen molar-refractivity contribution >= 4 is 18.1 Å². The second kappa shape index (κ2) is 5.92. The zero-order valence-electron chi connectivity index (χ0n) is 9.20. The van der Waals surface area contributed by atoms with Gasteiger partial charge in [0.25, 0.3) is 0 Å². The number of methoxy groups -OCH3 is 1. The Kier molecular flexibility index (Phi) is 4.83. The molecule has 2 rings (SSSR count). The monoisotopic (exact) mass is 246 g/mol. The number of rotatable bonds is 2. The van der Waals surface area contributed by atoms with Crippen LogP contribution in [0.15, 0.2) is 18.2 Å². The van der Waals surface area contributed by atoms with E-state index in [2.05, 4.69) is 5.32 Å². The van der Waals surface area contributed by atoms with Gasteiger partial charge >= 0.3 is 0 Å². The summed E-state index contributed by atoms with van der Waals surface area (Å²) in [4.78, 5) is 2.05. The third-order valence-corrected chi connectivity index (χ3v) is 2.61. The van der Waals surface area contributed by atoms with Crippen LogP contribution in [0.4, 0.5) is 10.1 Å². The van der Waals surface area contributed by atoms with Gasteiger partial charge in [-0.05, 0) is 12.1 Å². The van der Waals surface area contributed by atoms with Gasteiger partial charge in [0, 0.05) is 32.2 Å². The summed E-state index contributed by atoms with van der Waals surface area (Å²) in [6, 6.07) is 5.00. The van der Waals surface area contributed by atoms with E-state index in [9.17, 15) is 4.39 Å². The molecule has 0 unspecified atom stereocenters. The van der Waals surface area contributed by atoms with Crippen molar-refractivity contribution in [1.29, 1.82) is 0 Å². The number of nitrogens with zero attached hydrogens (tertiary/aromatic N) is 1. The van der Waals surface area contributed by atoms with Gasteiger partial charge in [-0.25, -0.2) is 4.39 Å². The average molecular weight is 247 g/mol. The van der Waals surface area contributed by atoms with E-state index in [0.717, 1.165) is 26.2 Å². The fourth-order valence-corrected chi connectivity index (χ4v) is 1.78. The molecule has 5 heteroatoms. The van der Waals surface area contributed by atoms with Crippen LogP contribution < -0.4 is 15.0 Å². The topological polar surface area (TPSA) is 24.5 Å². The van der Waals surface area contributed by atoms with Gasteiger partial charge in [0.15, 0.2) is 0 Å². The molecule has 1 heterocycles. The van der Waals surface area contributed by atoms with Crippen LogP contribution in [0.2, 0.25) is 0 Å². The van der Waals surface area contributed by atoms with E-state index < -0.39 is 0 Å². The SMILES string of the molecule is COc1ccc(N2CCNCC2)c(F)c1.Cl. The van der Waals surface area contributed by atoms with Gasteiger partial charge in [0.1, 0.15) is 11.6 Å². The van der Waals surface area contributed by atoms with Crippen LogP contribution in [0.1, 0.15) is 0 Å². The lowest BCUT2D eigenvalue weighted by molar-refractivity contribution is 0.411. The molecule has 0 aromatic heterocycles. The first kappa shape index (κ1) is 13.1. The Morgan fingerprint density at radius 3 is 2.56 bits per heavy atom. The summed E-state index contributed by atoms with van der Waals surface area (Å²) in [6.45, 7) is 3.52. The van der Waals surface area contributed by atoms with Crippen molar-refractivity contribution < 1.29 is 9.13 Å². The summed E-state index contributed by atoms with van der Waals surface area (Å²) >= 11 is 0. The molecule has 0 atom stereocenters. The second-order valence-corrected chi connectivity index (χ2v) is 3.55. The molecule has 1 aliphatic heterocycles. The van der Waals surface area contributed by atoms with Crippen molar-refractivity contribution in [2.24, 2.45) is 0 Å². The number of piperazine rings is 1. The second-order valence-electron chi connectivity index (χ2n) is 3.55. The minimum absolute atomic E-state index is 0. The minimum Gasteiger partial charge on any atom is -0.497 e. The smallest absolute Gasteiger partial charge is 0.150 e. The van der Waals surface area contributed by atoms with Crippen molar-refractivity contribution in [3.8, 4) is 5.75 Å². The first-order valence-corrected chi connectivity index (χ1v) is 5.10. The zero-order valence-corrected chi connectivity index (χ0v) is 10.0. The summed E-state index contributed by atoms with van der Waals surface area (Å²) in [7, 11) is 1.54. The van der Waals surface area contributed by atoms with Gasteiger partial charge in [-0.15, -0.1) is 12.4 Å². The molecular formula is C11H16ClFN2O. The molecule has 90 valence electrons. The van der Waals surface area contributed by atoms with E-state index in [-0.39, 0.29) is 18.2 Å². The van der Waals surface area contributed by atoms with Crippen LogP contribution in [-0.4, -0.2) is 33.3 Å². The lowest BCUT2D eigenvalue weighted by Gasteiger charge is -2.29. The molecule has 0 saturated carbocycles. The van der Waals surface area contributed by atoms with Crippen molar-refractivity contribution in [3.05, 3.63) is 24.0 Å². The summed E-state index contributed by atoms with van der Waals surface area (Å²) in [5.41, 5.74) is 0.664. The van der Waals surface area contributed by atoms with E-state index >= 15 is 0 Å². The molecule has 0 spiro atoms. The lowest BCUT2D eigenvalue weighted by atomic mass is 10.2. The number of anilines is 1. The molecule has 3 nitrogen and oxygen atoms in total. The molecule has 1 aromatic carbocycles. The molecule has 1 aromatic rings. The van der Waals surface area contributed by atoms with E-state index in [1.165, 1.54) is 6.07 Å². The fourth-order valence-electron chi connectivity index (χ4n) is 1.78. The van der Waals surface area contributed by atoms with Crippen molar-refractivity contribution in [1.82, 2.24) is 5.32 Å². The van der Waals surface area contributed by atoms with Gasteiger partial charge in [-0.2, -0.15) is 0 Å². The molecule has 0 aliphatic carbocycles. The maximum absolute atomic E-state index is 13.7. The Morgan fingerprint density at radius 1 is 1.31 bits per heavy atom. The number of halogens is 2. The summed E-state index contributed by atoms with van der Waals surface area (Å²) in [6.07, 6.45) is 0. The molecule has 1 fully saturated rings. The highest BCUT2D eigenvalue weighted by atomic mass is 35.5. The molecule has 16 heavy (non-hydrogen) atoms. The molecule has 0 bridgehead atoms. The first-order valence-electron chi connectivity index (χ1n) is 5.10. The summed E-state index contributed by atoms with van der Waals surface area (Å²) < 4.78 is 18.6. The average Bonchev–Trinajstić information content (AvgIpc) is 2.30. The zero-order chi connectivity index (χ0) is 10.7. The Labute approximate surface area is 101 Å². The van der Waals surface area contributed by atoms with E-state index in [1.807, 2.05) is 4.90 Å². The van der Waals surface area contributed by atoms with Gasteiger partial charge in [-0.1, -0.05) is 0 Å². The van der Waals surface area contributed by atoms with Crippen LogP contribution in [0.5, 0.6) is 5.75 Å². The van der Waals surface area contributed by atoms with Crippen molar-refractivity contribution in [2.45, 2.75) is 0 Å². The number of nitrogens with one attached hydrogen (secondary N) is 1. The van der Waals surface area contributed by atoms with Crippen molar-refractivity contribution in [3.63, 3.8) is 0 Å². The predicted octanol–water partition coefficient (Wildman–Crippen LogP) is 1.67. The predicted molar refractivity (Wildman–Crippen MR) is 65.3 cm³/mol. The van der Waals surface area contributed by atoms with E-state index in [1.54, 1.807) is 19.2 Å². The van der Waals surface area contributed by atoms with E-state index in [4.69, 9.17) is 4.74 Å². The van der Waals surface area contributed by atoms with E-state index in [0.29, 0.717) is 11.4 Å². The Balaban J connectivity index is 0.00000128. The third-order valence-electron chi connectivity index (χ3n) is 2.61. The van der Waals surface area contributed by atoms with Gasteiger partial charge in [0.05, 0.1) is 12.8 Å². The molecule has 0 amide bonds. The van der Waals surface area contributed by atoms with Crippen LogP contribution >= 0.6 is 12.4 Å². The summed E-state index contributed by atoms with van der Waals surface area (Å²) in [5.74, 6) is 0.350. The van der Waals surface area contributed by atoms with Crippen LogP contribution in [0, 0.1) is 5.82 Å². The molecule has 0 radical (unpaired) electrons. The number of benzene rings is 1. The van der Waals surface area contributed by atoms with Crippen LogP contribution in [-0.2, 0) is 0 Å². The highest BCUT2D eigenvalue weighted by Gasteiger charge is 2.14. The highest BCUT2D eigenvalue weighted by molar-refractivity contribution is 5.85. The number of ether oxygens (including phenoxy) is 1. The molecule has 1 aliphatic rings. The number of hydrogen-bond donors (Lipinski definition) is 1. The van der Waals surface area contributed by atoms with Gasteiger partial charge in [0.2, 0.25) is 0 Å². The minimum atomic E-state index is -0.212. The largest absolute Gasteiger partial charge is 0.497 e. The normalized spacial score (nSPS) is 15.5. The molecule has 1 N–H and O–H groups in total. The van der Waals surface area contributed by atoms with Gasteiger partial charge in [-0.3, -0.25) is 0 Å². The number of hydrogen-bond acceptors (Lipinski definition) is 3. The Bertz CT molecular complexity index is 343. The molecular weight excluding hydrogens is 231 g/mol. The standard InChI is InChI=1S/C11H15FN2O.ClH/c1-15-9-2-3-11(10(12)8-9)14-6-4-13-5-7-14;/h2-3,8,13H,4-7H2,1H3;1H. The van der Waals surface area contributed by atoms with Crippen molar-refractivity contribution in [2.75, 3.05) is 38.2 Å². The fraction of sp³-hybridized carbons (Fsp3) is 0.455. The van der Waals surface area contributed by atoms with Gasteiger partial charge < -0.3 is 15.0 Å². The first-order chi connectivity index (χ1) is 7.31.